The monoisotopic (exact) mass is 206 g/mol. The highest BCUT2D eigenvalue weighted by atomic mass is 16.5. The number of hydrogen-bond donors (Lipinski definition) is 1. The van der Waals surface area contributed by atoms with Crippen LogP contribution in [0.1, 0.15) is 22.3 Å². The molecule has 1 aromatic rings. The number of benzene rings is 1. The highest BCUT2D eigenvalue weighted by Crippen LogP contribution is 2.28. The minimum absolute atomic E-state index is 0.0395. The zero-order chi connectivity index (χ0) is 10.8. The van der Waals surface area contributed by atoms with E-state index in [2.05, 4.69) is 0 Å². The van der Waals surface area contributed by atoms with E-state index in [1.165, 1.54) is 0 Å². The van der Waals surface area contributed by atoms with Crippen molar-refractivity contribution >= 4 is 5.78 Å². The maximum absolute atomic E-state index is 11.9. The number of carbonyl (C=O) groups excluding carboxylic acids is 1. The van der Waals surface area contributed by atoms with Crippen LogP contribution < -0.4 is 4.74 Å². The molecule has 2 rings (SSSR count). The molecule has 0 heterocycles. The molecule has 80 valence electrons. The Labute approximate surface area is 88.7 Å². The third-order valence-corrected chi connectivity index (χ3v) is 2.94. The van der Waals surface area contributed by atoms with Gasteiger partial charge in [0.25, 0.3) is 0 Å². The van der Waals surface area contributed by atoms with E-state index in [1.807, 2.05) is 12.1 Å². The number of aliphatic hydroxyl groups is 1. The Hall–Kier alpha value is -1.35. The molecule has 0 spiro atoms. The molecule has 1 aromatic carbocycles. The van der Waals surface area contributed by atoms with E-state index in [1.54, 1.807) is 13.2 Å². The Morgan fingerprint density at radius 1 is 1.53 bits per heavy atom. The summed E-state index contributed by atoms with van der Waals surface area (Å²) in [7, 11) is 1.58. The number of ether oxygens (including phenoxy) is 1. The molecule has 3 nitrogen and oxygen atoms in total. The first-order valence-electron chi connectivity index (χ1n) is 5.08. The first kappa shape index (κ1) is 10.2. The van der Waals surface area contributed by atoms with Gasteiger partial charge in [-0.1, -0.05) is 6.07 Å². The van der Waals surface area contributed by atoms with Crippen LogP contribution in [0.15, 0.2) is 18.2 Å². The van der Waals surface area contributed by atoms with Gasteiger partial charge in [0.2, 0.25) is 0 Å². The van der Waals surface area contributed by atoms with Crippen LogP contribution in [0.25, 0.3) is 0 Å². The summed E-state index contributed by atoms with van der Waals surface area (Å²) in [6.07, 6.45) is 1.60. The molecule has 0 fully saturated rings. The van der Waals surface area contributed by atoms with Crippen molar-refractivity contribution in [3.05, 3.63) is 29.3 Å². The number of methoxy groups -OCH3 is 1. The van der Waals surface area contributed by atoms with Crippen LogP contribution in [0.5, 0.6) is 5.75 Å². The Morgan fingerprint density at radius 3 is 3.00 bits per heavy atom. The van der Waals surface area contributed by atoms with Crippen LogP contribution in [0.3, 0.4) is 0 Å². The Bertz CT molecular complexity index is 384. The number of aryl methyl sites for hydroxylation is 1. The van der Waals surface area contributed by atoms with Gasteiger partial charge in [0.15, 0.2) is 5.78 Å². The molecule has 0 bridgehead atoms. The molecule has 1 atom stereocenters. The third-order valence-electron chi connectivity index (χ3n) is 2.94. The SMILES string of the molecule is COc1ccc2c(c1)C(=O)C(CO)CC2. The van der Waals surface area contributed by atoms with E-state index >= 15 is 0 Å². The summed E-state index contributed by atoms with van der Waals surface area (Å²) in [5.41, 5.74) is 1.77. The lowest BCUT2D eigenvalue weighted by molar-refractivity contribution is 0.0837. The van der Waals surface area contributed by atoms with Crippen molar-refractivity contribution in [3.8, 4) is 5.75 Å². The largest absolute Gasteiger partial charge is 0.497 e. The van der Waals surface area contributed by atoms with E-state index < -0.39 is 0 Å². The van der Waals surface area contributed by atoms with Crippen molar-refractivity contribution in [3.63, 3.8) is 0 Å². The summed E-state index contributed by atoms with van der Waals surface area (Å²) in [4.78, 5) is 11.9. The lowest BCUT2D eigenvalue weighted by Gasteiger charge is -2.21. The maximum atomic E-state index is 11.9. The number of Topliss-reactive ketones (excluding diaryl/α,β-unsaturated/α-hetero) is 1. The summed E-state index contributed by atoms with van der Waals surface area (Å²) in [6.45, 7) is -0.0600. The molecule has 1 aliphatic rings. The van der Waals surface area contributed by atoms with Gasteiger partial charge >= 0.3 is 0 Å². The van der Waals surface area contributed by atoms with E-state index in [4.69, 9.17) is 9.84 Å². The van der Waals surface area contributed by atoms with Gasteiger partial charge in [0, 0.05) is 11.5 Å². The van der Waals surface area contributed by atoms with Crippen molar-refractivity contribution in [2.75, 3.05) is 13.7 Å². The molecule has 0 aliphatic heterocycles. The maximum Gasteiger partial charge on any atom is 0.168 e. The molecule has 0 aromatic heterocycles. The summed E-state index contributed by atoms with van der Waals surface area (Å²) in [5, 5.41) is 9.06. The van der Waals surface area contributed by atoms with Crippen molar-refractivity contribution in [1.82, 2.24) is 0 Å². The van der Waals surface area contributed by atoms with E-state index in [-0.39, 0.29) is 18.3 Å². The predicted octanol–water partition coefficient (Wildman–Crippen LogP) is 1.43. The van der Waals surface area contributed by atoms with Crippen molar-refractivity contribution < 1.29 is 14.6 Å². The Morgan fingerprint density at radius 2 is 2.33 bits per heavy atom. The second kappa shape index (κ2) is 4.03. The highest BCUT2D eigenvalue weighted by Gasteiger charge is 2.26. The van der Waals surface area contributed by atoms with Gasteiger partial charge in [-0.3, -0.25) is 4.79 Å². The van der Waals surface area contributed by atoms with Gasteiger partial charge in [0.05, 0.1) is 13.7 Å². The number of rotatable bonds is 2. The van der Waals surface area contributed by atoms with Crippen LogP contribution in [0, 0.1) is 5.92 Å². The molecule has 0 saturated carbocycles. The van der Waals surface area contributed by atoms with Gasteiger partial charge in [0.1, 0.15) is 5.75 Å². The molecule has 15 heavy (non-hydrogen) atoms. The zero-order valence-electron chi connectivity index (χ0n) is 8.69. The average molecular weight is 206 g/mol. The van der Waals surface area contributed by atoms with Gasteiger partial charge < -0.3 is 9.84 Å². The normalized spacial score (nSPS) is 19.9. The summed E-state index contributed by atoms with van der Waals surface area (Å²) >= 11 is 0. The molecule has 0 amide bonds. The zero-order valence-corrected chi connectivity index (χ0v) is 8.69. The van der Waals surface area contributed by atoms with E-state index in [0.717, 1.165) is 18.4 Å². The summed E-state index contributed by atoms with van der Waals surface area (Å²) < 4.78 is 5.08. The summed E-state index contributed by atoms with van der Waals surface area (Å²) in [5.74, 6) is 0.503. The predicted molar refractivity (Wildman–Crippen MR) is 56.2 cm³/mol. The van der Waals surface area contributed by atoms with Crippen LogP contribution in [0.2, 0.25) is 0 Å². The minimum Gasteiger partial charge on any atom is -0.497 e. The molecule has 0 radical (unpaired) electrons. The Balaban J connectivity index is 2.40. The second-order valence-electron chi connectivity index (χ2n) is 3.81. The molecule has 1 N–H and O–H groups in total. The Kier molecular flexibility index (Phi) is 2.73. The summed E-state index contributed by atoms with van der Waals surface area (Å²) in [6, 6.07) is 5.56. The number of fused-ring (bicyclic) bond motifs is 1. The molecular formula is C12H14O3. The van der Waals surface area contributed by atoms with Crippen molar-refractivity contribution in [2.45, 2.75) is 12.8 Å². The highest BCUT2D eigenvalue weighted by molar-refractivity contribution is 6.00. The van der Waals surface area contributed by atoms with Crippen LogP contribution in [-0.2, 0) is 6.42 Å². The van der Waals surface area contributed by atoms with Gasteiger partial charge in [-0.15, -0.1) is 0 Å². The quantitative estimate of drug-likeness (QED) is 0.796. The molecule has 3 heteroatoms. The van der Waals surface area contributed by atoms with Gasteiger partial charge in [-0.2, -0.15) is 0 Å². The van der Waals surface area contributed by atoms with Crippen molar-refractivity contribution in [2.24, 2.45) is 5.92 Å². The first-order valence-corrected chi connectivity index (χ1v) is 5.08. The van der Waals surface area contributed by atoms with Gasteiger partial charge in [-0.05, 0) is 30.5 Å². The fourth-order valence-electron chi connectivity index (χ4n) is 1.98. The third kappa shape index (κ3) is 1.75. The molecule has 1 unspecified atom stereocenters. The number of ketones is 1. The van der Waals surface area contributed by atoms with Gasteiger partial charge in [-0.25, -0.2) is 0 Å². The average Bonchev–Trinajstić information content (AvgIpc) is 2.29. The van der Waals surface area contributed by atoms with Crippen molar-refractivity contribution in [1.29, 1.82) is 0 Å². The first-order chi connectivity index (χ1) is 7.26. The lowest BCUT2D eigenvalue weighted by atomic mass is 9.83. The van der Waals surface area contributed by atoms with E-state index in [0.29, 0.717) is 11.3 Å². The smallest absolute Gasteiger partial charge is 0.168 e. The van der Waals surface area contributed by atoms with Crippen LogP contribution >= 0.6 is 0 Å². The van der Waals surface area contributed by atoms with Crippen LogP contribution in [-0.4, -0.2) is 24.6 Å². The number of hydrogen-bond acceptors (Lipinski definition) is 3. The molecule has 0 saturated heterocycles. The second-order valence-corrected chi connectivity index (χ2v) is 3.81. The standard InChI is InChI=1S/C12H14O3/c1-15-10-5-4-8-2-3-9(7-13)12(14)11(8)6-10/h4-6,9,13H,2-3,7H2,1H3. The number of carbonyl (C=O) groups is 1. The minimum atomic E-state index is -0.232. The molecular weight excluding hydrogens is 192 g/mol. The fraction of sp³-hybridized carbons (Fsp3) is 0.417. The number of aliphatic hydroxyl groups excluding tert-OH is 1. The molecule has 1 aliphatic carbocycles. The van der Waals surface area contributed by atoms with Crippen LogP contribution in [0.4, 0.5) is 0 Å². The van der Waals surface area contributed by atoms with E-state index in [9.17, 15) is 4.79 Å². The fourth-order valence-corrected chi connectivity index (χ4v) is 1.98. The topological polar surface area (TPSA) is 46.5 Å². The lowest BCUT2D eigenvalue weighted by Crippen LogP contribution is -2.25.